The van der Waals surface area contributed by atoms with Gasteiger partial charge in [0.2, 0.25) is 0 Å². The summed E-state index contributed by atoms with van der Waals surface area (Å²) < 4.78 is 22.1. The van der Waals surface area contributed by atoms with Crippen LogP contribution in [-0.2, 0) is 9.84 Å². The molecular formula is C11H16BrNO3S. The topological polar surface area (TPSA) is 80.4 Å². The van der Waals surface area contributed by atoms with Crippen LogP contribution in [-0.4, -0.2) is 23.4 Å². The lowest BCUT2D eigenvalue weighted by Crippen LogP contribution is -2.37. The van der Waals surface area contributed by atoms with Gasteiger partial charge in [0.25, 0.3) is 0 Å². The van der Waals surface area contributed by atoms with Crippen molar-refractivity contribution in [3.8, 4) is 0 Å². The van der Waals surface area contributed by atoms with Crippen molar-refractivity contribution in [2.75, 3.05) is 12.0 Å². The number of hydrogen-bond acceptors (Lipinski definition) is 4. The van der Waals surface area contributed by atoms with Crippen LogP contribution in [0.3, 0.4) is 0 Å². The minimum atomic E-state index is -3.45. The van der Waals surface area contributed by atoms with Crippen LogP contribution >= 0.6 is 15.9 Å². The number of aliphatic hydroxyl groups excluding tert-OH is 1. The summed E-state index contributed by atoms with van der Waals surface area (Å²) in [6.07, 6.45) is 0.189. The first-order valence-corrected chi connectivity index (χ1v) is 7.83. The van der Waals surface area contributed by atoms with E-state index < -0.39 is 19.6 Å². The van der Waals surface area contributed by atoms with Gasteiger partial charge in [-0.05, 0) is 24.1 Å². The average Bonchev–Trinajstić information content (AvgIpc) is 2.25. The maximum atomic E-state index is 11.7. The molecule has 3 N–H and O–H groups in total. The molecule has 0 bridgehead atoms. The van der Waals surface area contributed by atoms with Crippen LogP contribution in [0.4, 0.5) is 5.69 Å². The second kappa shape index (κ2) is 4.96. The lowest BCUT2D eigenvalue weighted by atomic mass is 10.0. The fourth-order valence-corrected chi connectivity index (χ4v) is 2.97. The van der Waals surface area contributed by atoms with Gasteiger partial charge in [-0.25, -0.2) is 8.42 Å². The standard InChI is InChI=1S/C11H16BrNO3S/c1-3-11(12,17(2,15)16)10(14)8-5-4-6-9(13)7-8/h4-7,10,14H,3,13H2,1-2H3. The number of rotatable bonds is 4. The Bertz CT molecular complexity index is 503. The van der Waals surface area contributed by atoms with Gasteiger partial charge in [0.1, 0.15) is 6.10 Å². The van der Waals surface area contributed by atoms with Crippen molar-refractivity contribution in [1.82, 2.24) is 0 Å². The molecule has 0 heterocycles. The third-order valence-electron chi connectivity index (χ3n) is 2.73. The van der Waals surface area contributed by atoms with Crippen LogP contribution in [0.2, 0.25) is 0 Å². The van der Waals surface area contributed by atoms with Gasteiger partial charge in [-0.3, -0.25) is 0 Å². The lowest BCUT2D eigenvalue weighted by Gasteiger charge is -2.30. The van der Waals surface area contributed by atoms with Gasteiger partial charge in [0, 0.05) is 11.9 Å². The van der Waals surface area contributed by atoms with Crippen molar-refractivity contribution in [3.05, 3.63) is 29.8 Å². The molecule has 0 saturated carbocycles. The Morgan fingerprint density at radius 2 is 2.12 bits per heavy atom. The van der Waals surface area contributed by atoms with Crippen LogP contribution in [0, 0.1) is 0 Å². The highest BCUT2D eigenvalue weighted by Gasteiger charge is 2.44. The number of nitrogens with two attached hydrogens (primary N) is 1. The van der Waals surface area contributed by atoms with Gasteiger partial charge in [0.05, 0.1) is 0 Å². The zero-order valence-electron chi connectivity index (χ0n) is 9.72. The first-order chi connectivity index (χ1) is 7.72. The van der Waals surface area contributed by atoms with Gasteiger partial charge in [-0.1, -0.05) is 35.0 Å². The van der Waals surface area contributed by atoms with Crippen molar-refractivity contribution in [2.45, 2.75) is 23.1 Å². The normalized spacial score (nSPS) is 17.4. The van der Waals surface area contributed by atoms with E-state index in [4.69, 9.17) is 5.73 Å². The quantitative estimate of drug-likeness (QED) is 0.655. The monoisotopic (exact) mass is 321 g/mol. The first-order valence-electron chi connectivity index (χ1n) is 5.14. The zero-order valence-corrected chi connectivity index (χ0v) is 12.1. The number of aliphatic hydroxyl groups is 1. The fourth-order valence-electron chi connectivity index (χ4n) is 1.64. The molecule has 0 aromatic heterocycles. The molecule has 17 heavy (non-hydrogen) atoms. The molecule has 6 heteroatoms. The minimum absolute atomic E-state index is 0.252. The van der Waals surface area contributed by atoms with Gasteiger partial charge in [-0.15, -0.1) is 0 Å². The predicted molar refractivity (Wildman–Crippen MR) is 72.6 cm³/mol. The minimum Gasteiger partial charge on any atom is -0.399 e. The highest BCUT2D eigenvalue weighted by atomic mass is 79.9. The number of anilines is 1. The Labute approximate surface area is 110 Å². The third kappa shape index (κ3) is 2.81. The van der Waals surface area contributed by atoms with Crippen LogP contribution in [0.1, 0.15) is 25.0 Å². The summed E-state index contributed by atoms with van der Waals surface area (Å²) in [5.41, 5.74) is 6.58. The van der Waals surface area contributed by atoms with Crippen molar-refractivity contribution in [1.29, 1.82) is 0 Å². The molecule has 0 radical (unpaired) electrons. The van der Waals surface area contributed by atoms with E-state index in [1.807, 2.05) is 0 Å². The summed E-state index contributed by atoms with van der Waals surface area (Å²) in [7, 11) is -3.45. The maximum Gasteiger partial charge on any atom is 0.166 e. The van der Waals surface area contributed by atoms with Crippen molar-refractivity contribution >= 4 is 31.5 Å². The van der Waals surface area contributed by atoms with Crippen LogP contribution in [0.15, 0.2) is 24.3 Å². The first kappa shape index (κ1) is 14.5. The number of hydrogen-bond donors (Lipinski definition) is 2. The lowest BCUT2D eigenvalue weighted by molar-refractivity contribution is 0.160. The van der Waals surface area contributed by atoms with E-state index in [2.05, 4.69) is 15.9 Å². The number of halogens is 1. The molecule has 2 unspecified atom stereocenters. The van der Waals surface area contributed by atoms with E-state index in [-0.39, 0.29) is 6.42 Å². The molecule has 96 valence electrons. The van der Waals surface area contributed by atoms with Crippen LogP contribution in [0.5, 0.6) is 0 Å². The highest BCUT2D eigenvalue weighted by molar-refractivity contribution is 9.11. The second-order valence-corrected chi connectivity index (χ2v) is 8.20. The molecule has 0 aliphatic rings. The van der Waals surface area contributed by atoms with E-state index in [1.54, 1.807) is 31.2 Å². The average molecular weight is 322 g/mol. The molecule has 0 saturated heterocycles. The third-order valence-corrected chi connectivity index (χ3v) is 7.24. The molecule has 0 fully saturated rings. The zero-order chi connectivity index (χ0) is 13.3. The molecule has 1 aromatic rings. The summed E-state index contributed by atoms with van der Waals surface area (Å²) in [6.45, 7) is 1.70. The van der Waals surface area contributed by atoms with E-state index in [9.17, 15) is 13.5 Å². The summed E-state index contributed by atoms with van der Waals surface area (Å²) in [5.74, 6) is 0. The Balaban J connectivity index is 3.24. The SMILES string of the molecule is CCC(Br)(C(O)c1cccc(N)c1)S(C)(=O)=O. The molecule has 2 atom stereocenters. The number of nitrogen functional groups attached to an aromatic ring is 1. The molecule has 4 nitrogen and oxygen atoms in total. The van der Waals surface area contributed by atoms with E-state index in [1.165, 1.54) is 0 Å². The van der Waals surface area contributed by atoms with Gasteiger partial charge < -0.3 is 10.8 Å². The Hall–Kier alpha value is -0.590. The van der Waals surface area contributed by atoms with Crippen LogP contribution in [0.25, 0.3) is 0 Å². The Kier molecular flexibility index (Phi) is 4.22. The molecular weight excluding hydrogens is 306 g/mol. The number of benzene rings is 1. The van der Waals surface area contributed by atoms with Crippen molar-refractivity contribution < 1.29 is 13.5 Å². The number of sulfone groups is 1. The molecule has 0 aliphatic carbocycles. The van der Waals surface area contributed by atoms with E-state index >= 15 is 0 Å². The summed E-state index contributed by atoms with van der Waals surface area (Å²) in [4.78, 5) is 0. The van der Waals surface area contributed by atoms with Crippen molar-refractivity contribution in [3.63, 3.8) is 0 Å². The fraction of sp³-hybridized carbons (Fsp3) is 0.455. The largest absolute Gasteiger partial charge is 0.399 e. The van der Waals surface area contributed by atoms with Gasteiger partial charge in [-0.2, -0.15) is 0 Å². The van der Waals surface area contributed by atoms with Crippen LogP contribution < -0.4 is 5.73 Å². The molecule has 1 rings (SSSR count). The smallest absolute Gasteiger partial charge is 0.166 e. The summed E-state index contributed by atoms with van der Waals surface area (Å²) in [5, 5.41) is 10.2. The predicted octanol–water partition coefficient (Wildman–Crippen LogP) is 1.85. The van der Waals surface area contributed by atoms with Gasteiger partial charge in [0.15, 0.2) is 13.5 Å². The summed E-state index contributed by atoms with van der Waals surface area (Å²) in [6, 6.07) is 6.58. The molecule has 0 amide bonds. The Morgan fingerprint density at radius 1 is 1.53 bits per heavy atom. The van der Waals surface area contributed by atoms with E-state index in [0.29, 0.717) is 11.3 Å². The van der Waals surface area contributed by atoms with Crippen molar-refractivity contribution in [2.24, 2.45) is 0 Å². The van der Waals surface area contributed by atoms with Gasteiger partial charge >= 0.3 is 0 Å². The number of alkyl halides is 1. The molecule has 0 aliphatic heterocycles. The van der Waals surface area contributed by atoms with E-state index in [0.717, 1.165) is 6.26 Å². The Morgan fingerprint density at radius 3 is 2.53 bits per heavy atom. The highest BCUT2D eigenvalue weighted by Crippen LogP contribution is 2.41. The maximum absolute atomic E-state index is 11.7. The summed E-state index contributed by atoms with van der Waals surface area (Å²) >= 11 is 3.15. The molecule has 0 spiro atoms. The molecule has 1 aromatic carbocycles. The second-order valence-electron chi connectivity index (χ2n) is 3.98.